The van der Waals surface area contributed by atoms with Crippen LogP contribution in [-0.4, -0.2) is 8.74 Å². The third kappa shape index (κ3) is 1.51. The first-order valence-corrected chi connectivity index (χ1v) is 5.56. The van der Waals surface area contributed by atoms with Gasteiger partial charge in [-0.3, -0.25) is 8.22 Å². The monoisotopic (exact) mass is 150 g/mol. The molecule has 3 heteroatoms. The fraction of sp³-hybridized carbons (Fsp3) is 1.00. The van der Waals surface area contributed by atoms with E-state index < -0.39 is 8.74 Å². The van der Waals surface area contributed by atoms with Crippen LogP contribution in [0.2, 0.25) is 12.1 Å². The van der Waals surface area contributed by atoms with Crippen molar-refractivity contribution in [3.63, 3.8) is 0 Å². The highest BCUT2D eigenvalue weighted by atomic mass is 28.4. The Labute approximate surface area is 55.6 Å². The number of hydrogen-bond acceptors (Lipinski definition) is 0. The van der Waals surface area contributed by atoms with Gasteiger partial charge in [-0.1, -0.05) is 13.8 Å². The van der Waals surface area contributed by atoms with E-state index in [0.29, 0.717) is 0 Å². The minimum Gasteiger partial charge on any atom is -0.270 e. The van der Waals surface area contributed by atoms with Crippen molar-refractivity contribution < 1.29 is 8.22 Å². The molecule has 0 spiro atoms. The molecule has 2 atom stereocenters. The highest BCUT2D eigenvalue weighted by molar-refractivity contribution is 6.67. The summed E-state index contributed by atoms with van der Waals surface area (Å²) < 4.78 is 25.2. The minimum atomic E-state index is -3.67. The zero-order valence-electron chi connectivity index (χ0n) is 5.82. The number of hydrogen-bond donors (Lipinski definition) is 0. The van der Waals surface area contributed by atoms with E-state index in [9.17, 15) is 8.22 Å². The predicted octanol–water partition coefficient (Wildman–Crippen LogP) is 2.65. The summed E-state index contributed by atoms with van der Waals surface area (Å²) in [5.41, 5.74) is 0. The van der Waals surface area contributed by atoms with E-state index in [1.54, 1.807) is 0 Å². The zero-order chi connectivity index (χ0) is 7.07. The summed E-state index contributed by atoms with van der Waals surface area (Å²) in [7, 11) is -3.67. The van der Waals surface area contributed by atoms with Gasteiger partial charge in [-0.2, -0.15) is 0 Å². The Bertz CT molecular complexity index is 102. The Morgan fingerprint density at radius 2 is 1.44 bits per heavy atom. The maximum absolute atomic E-state index is 12.6. The van der Waals surface area contributed by atoms with Crippen molar-refractivity contribution in [1.29, 1.82) is 0 Å². The molecule has 0 aromatic carbocycles. The summed E-state index contributed by atoms with van der Waals surface area (Å²) in [6.07, 6.45) is 0. The van der Waals surface area contributed by atoms with Crippen LogP contribution in [0.3, 0.4) is 0 Å². The minimum absolute atomic E-state index is 0.230. The molecule has 54 valence electrons. The van der Waals surface area contributed by atoms with Crippen LogP contribution in [-0.2, 0) is 0 Å². The van der Waals surface area contributed by atoms with Crippen LogP contribution in [0.15, 0.2) is 0 Å². The molecule has 1 unspecified atom stereocenters. The molecule has 0 bridgehead atoms. The quantitative estimate of drug-likeness (QED) is 0.368. The van der Waals surface area contributed by atoms with Gasteiger partial charge in [-0.25, -0.2) is 0 Å². The van der Waals surface area contributed by atoms with E-state index in [-0.39, 0.29) is 23.9 Å². The number of halogens is 2. The van der Waals surface area contributed by atoms with E-state index in [0.717, 1.165) is 0 Å². The van der Waals surface area contributed by atoms with Gasteiger partial charge in [-0.05, 0) is 11.8 Å². The van der Waals surface area contributed by atoms with Crippen LogP contribution in [0.5, 0.6) is 0 Å². The van der Waals surface area contributed by atoms with Gasteiger partial charge >= 0.3 is 8.74 Å². The summed E-state index contributed by atoms with van der Waals surface area (Å²) in [6.45, 7) is 3.86. The highest BCUT2D eigenvalue weighted by Gasteiger charge is 2.46. The molecule has 0 nitrogen and oxygen atoms in total. The van der Waals surface area contributed by atoms with Crippen molar-refractivity contribution in [2.45, 2.75) is 25.9 Å². The van der Waals surface area contributed by atoms with Crippen LogP contribution in [0, 0.1) is 11.8 Å². The molecule has 1 fully saturated rings. The maximum atomic E-state index is 12.6. The standard InChI is InChI=1S/C6H12F2Si/c1-5-3-9(7,8)4-6(5)2/h5-6H,3-4H2,1-2H3/t5-,6?/m0/s1. The number of rotatable bonds is 0. The van der Waals surface area contributed by atoms with Gasteiger partial charge in [0.1, 0.15) is 0 Å². The van der Waals surface area contributed by atoms with E-state index in [2.05, 4.69) is 0 Å². The molecular weight excluding hydrogens is 138 g/mol. The van der Waals surface area contributed by atoms with Crippen LogP contribution in [0.25, 0.3) is 0 Å². The van der Waals surface area contributed by atoms with E-state index >= 15 is 0 Å². The Balaban J connectivity index is 2.54. The average molecular weight is 150 g/mol. The lowest BCUT2D eigenvalue weighted by molar-refractivity contribution is 0.486. The lowest BCUT2D eigenvalue weighted by Crippen LogP contribution is -2.15. The fourth-order valence-electron chi connectivity index (χ4n) is 1.43. The van der Waals surface area contributed by atoms with Gasteiger partial charge < -0.3 is 0 Å². The molecule has 0 saturated carbocycles. The lowest BCUT2D eigenvalue weighted by atomic mass is 10.0. The Morgan fingerprint density at radius 3 is 1.56 bits per heavy atom. The molecule has 0 aromatic heterocycles. The van der Waals surface area contributed by atoms with Crippen molar-refractivity contribution in [2.75, 3.05) is 0 Å². The summed E-state index contributed by atoms with van der Waals surface area (Å²) in [4.78, 5) is 0. The van der Waals surface area contributed by atoms with Crippen LogP contribution in [0.1, 0.15) is 13.8 Å². The molecule has 9 heavy (non-hydrogen) atoms. The maximum Gasteiger partial charge on any atom is 0.425 e. The summed E-state index contributed by atoms with van der Waals surface area (Å²) in [6, 6.07) is 0.461. The van der Waals surface area contributed by atoms with Gasteiger partial charge in [0.05, 0.1) is 0 Å². The molecule has 0 aromatic rings. The summed E-state index contributed by atoms with van der Waals surface area (Å²) >= 11 is 0. The molecule has 1 saturated heterocycles. The van der Waals surface area contributed by atoms with Gasteiger partial charge in [0, 0.05) is 12.1 Å². The van der Waals surface area contributed by atoms with E-state index in [1.165, 1.54) is 0 Å². The van der Waals surface area contributed by atoms with Crippen LogP contribution >= 0.6 is 0 Å². The largest absolute Gasteiger partial charge is 0.425 e. The van der Waals surface area contributed by atoms with Crippen molar-refractivity contribution in [2.24, 2.45) is 11.8 Å². The highest BCUT2D eigenvalue weighted by Crippen LogP contribution is 2.40. The second-order valence-electron chi connectivity index (χ2n) is 3.22. The third-order valence-corrected chi connectivity index (χ3v) is 4.70. The van der Waals surface area contributed by atoms with Crippen LogP contribution < -0.4 is 0 Å². The molecule has 1 heterocycles. The fourth-order valence-corrected chi connectivity index (χ4v) is 4.28. The van der Waals surface area contributed by atoms with Gasteiger partial charge in [0.2, 0.25) is 0 Å². The lowest BCUT2D eigenvalue weighted by Gasteiger charge is -2.04. The van der Waals surface area contributed by atoms with Crippen molar-refractivity contribution >= 4 is 8.74 Å². The molecule has 0 N–H and O–H groups in total. The Morgan fingerprint density at radius 1 is 1.11 bits per heavy atom. The Kier molecular flexibility index (Phi) is 1.63. The van der Waals surface area contributed by atoms with Crippen molar-refractivity contribution in [3.8, 4) is 0 Å². The first-order valence-electron chi connectivity index (χ1n) is 3.39. The predicted molar refractivity (Wildman–Crippen MR) is 35.9 cm³/mol. The molecule has 0 amide bonds. The Hall–Kier alpha value is 0.0769. The summed E-state index contributed by atoms with van der Waals surface area (Å²) in [5, 5.41) is 0. The van der Waals surface area contributed by atoms with Crippen molar-refractivity contribution in [3.05, 3.63) is 0 Å². The van der Waals surface area contributed by atoms with Gasteiger partial charge in [0.25, 0.3) is 0 Å². The third-order valence-electron chi connectivity index (χ3n) is 2.21. The van der Waals surface area contributed by atoms with Crippen molar-refractivity contribution in [1.82, 2.24) is 0 Å². The van der Waals surface area contributed by atoms with E-state index in [1.807, 2.05) is 13.8 Å². The average Bonchev–Trinajstić information content (AvgIpc) is 1.79. The molecule has 0 radical (unpaired) electrons. The molecular formula is C6H12F2Si. The zero-order valence-corrected chi connectivity index (χ0v) is 6.82. The molecule has 1 aliphatic heterocycles. The summed E-state index contributed by atoms with van der Waals surface area (Å²) in [5.74, 6) is 0.540. The smallest absolute Gasteiger partial charge is 0.270 e. The first kappa shape index (κ1) is 7.19. The molecule has 0 aliphatic carbocycles. The SMILES string of the molecule is CC1C[Si](F)(F)C[C@@H]1C. The first-order chi connectivity index (χ1) is 4.01. The molecule has 1 aliphatic rings. The van der Waals surface area contributed by atoms with E-state index in [4.69, 9.17) is 0 Å². The second-order valence-corrected chi connectivity index (χ2v) is 5.75. The van der Waals surface area contributed by atoms with Gasteiger partial charge in [0.15, 0.2) is 0 Å². The molecule has 1 rings (SSSR count). The van der Waals surface area contributed by atoms with Crippen LogP contribution in [0.4, 0.5) is 8.22 Å². The second kappa shape index (κ2) is 2.04. The van der Waals surface area contributed by atoms with Gasteiger partial charge in [-0.15, -0.1) is 0 Å². The normalized spacial score (nSPS) is 41.3. The topological polar surface area (TPSA) is 0 Å².